The van der Waals surface area contributed by atoms with Crippen LogP contribution in [0.1, 0.15) is 31.0 Å². The van der Waals surface area contributed by atoms with Crippen LogP contribution in [0.4, 0.5) is 0 Å². The number of ether oxygens (including phenoxy) is 1. The molecule has 5 heteroatoms. The molecule has 108 valence electrons. The summed E-state index contributed by atoms with van der Waals surface area (Å²) in [5.74, 6) is 0.143. The zero-order valence-electron chi connectivity index (χ0n) is 11.5. The van der Waals surface area contributed by atoms with E-state index in [1.54, 1.807) is 7.11 Å². The van der Waals surface area contributed by atoms with Gasteiger partial charge in [-0.2, -0.15) is 0 Å². The molecular weight excluding hydrogens is 276 g/mol. The van der Waals surface area contributed by atoms with E-state index >= 15 is 0 Å². The summed E-state index contributed by atoms with van der Waals surface area (Å²) in [4.78, 5) is 14.2. The minimum Gasteiger partial charge on any atom is -0.379 e. The second-order valence-corrected chi connectivity index (χ2v) is 5.85. The number of nitrogens with one attached hydrogen (secondary N) is 1. The first kappa shape index (κ1) is 13.9. The zero-order chi connectivity index (χ0) is 14.1. The van der Waals surface area contributed by atoms with Gasteiger partial charge in [0, 0.05) is 12.1 Å². The molecule has 2 fully saturated rings. The molecule has 1 amide bonds. The molecule has 1 saturated carbocycles. The Morgan fingerprint density at radius 3 is 3.00 bits per heavy atom. The second-order valence-electron chi connectivity index (χ2n) is 5.41. The molecule has 0 bridgehead atoms. The second kappa shape index (κ2) is 5.72. The number of hydrogen-bond donors (Lipinski definition) is 1. The Morgan fingerprint density at radius 2 is 2.25 bits per heavy atom. The predicted octanol–water partition coefficient (Wildman–Crippen LogP) is 2.34. The quantitative estimate of drug-likeness (QED) is 0.930. The molecule has 3 rings (SSSR count). The normalized spacial score (nSPS) is 30.2. The van der Waals surface area contributed by atoms with Gasteiger partial charge >= 0.3 is 0 Å². The van der Waals surface area contributed by atoms with Crippen molar-refractivity contribution in [1.82, 2.24) is 10.2 Å². The van der Waals surface area contributed by atoms with Gasteiger partial charge in [0.25, 0.3) is 0 Å². The lowest BCUT2D eigenvalue weighted by Gasteiger charge is -2.33. The molecule has 4 nitrogen and oxygen atoms in total. The van der Waals surface area contributed by atoms with Crippen molar-refractivity contribution in [2.45, 2.75) is 37.6 Å². The zero-order valence-corrected chi connectivity index (χ0v) is 12.3. The van der Waals surface area contributed by atoms with Crippen molar-refractivity contribution in [2.24, 2.45) is 0 Å². The Morgan fingerprint density at radius 1 is 1.40 bits per heavy atom. The number of carbonyl (C=O) groups is 1. The van der Waals surface area contributed by atoms with Crippen molar-refractivity contribution < 1.29 is 9.53 Å². The Hall–Kier alpha value is -1.10. The summed E-state index contributed by atoms with van der Waals surface area (Å²) in [6.45, 7) is 0.379. The fraction of sp³-hybridized carbons (Fsp3) is 0.533. The van der Waals surface area contributed by atoms with E-state index in [2.05, 4.69) is 5.32 Å². The average molecular weight is 295 g/mol. The largest absolute Gasteiger partial charge is 0.379 e. The number of rotatable bonds is 3. The molecule has 3 unspecified atom stereocenters. The molecular formula is C15H19ClN2O2. The van der Waals surface area contributed by atoms with Crippen molar-refractivity contribution in [2.75, 3.05) is 13.7 Å². The van der Waals surface area contributed by atoms with Gasteiger partial charge < -0.3 is 9.64 Å². The minimum absolute atomic E-state index is 0.0954. The average Bonchev–Trinajstić information content (AvgIpc) is 3.04. The molecule has 2 aliphatic rings. The summed E-state index contributed by atoms with van der Waals surface area (Å²) in [5, 5.41) is 3.98. The number of hydrogen-bond acceptors (Lipinski definition) is 3. The van der Waals surface area contributed by atoms with Crippen LogP contribution < -0.4 is 5.32 Å². The molecule has 1 aliphatic carbocycles. The first-order valence-electron chi connectivity index (χ1n) is 7.03. The van der Waals surface area contributed by atoms with Gasteiger partial charge in [-0.25, -0.2) is 0 Å². The first-order chi connectivity index (χ1) is 9.70. The highest BCUT2D eigenvalue weighted by Crippen LogP contribution is 2.34. The van der Waals surface area contributed by atoms with Gasteiger partial charge in [-0.3, -0.25) is 10.1 Å². The van der Waals surface area contributed by atoms with E-state index in [1.165, 1.54) is 0 Å². The molecule has 20 heavy (non-hydrogen) atoms. The van der Waals surface area contributed by atoms with Gasteiger partial charge in [-0.1, -0.05) is 23.7 Å². The Bertz CT molecular complexity index is 508. The third kappa shape index (κ3) is 2.43. The van der Waals surface area contributed by atoms with E-state index in [0.717, 1.165) is 24.8 Å². The summed E-state index contributed by atoms with van der Waals surface area (Å²) in [7, 11) is 1.73. The highest BCUT2D eigenvalue weighted by Gasteiger charge is 2.42. The first-order valence-corrected chi connectivity index (χ1v) is 7.41. The summed E-state index contributed by atoms with van der Waals surface area (Å²) in [6, 6.07) is 7.85. The van der Waals surface area contributed by atoms with Crippen LogP contribution in [0, 0.1) is 0 Å². The van der Waals surface area contributed by atoms with E-state index in [-0.39, 0.29) is 24.2 Å². The van der Waals surface area contributed by atoms with Crippen molar-refractivity contribution in [1.29, 1.82) is 0 Å². The fourth-order valence-electron chi connectivity index (χ4n) is 3.35. The third-order valence-electron chi connectivity index (χ3n) is 4.25. The Balaban J connectivity index is 1.89. The Kier molecular flexibility index (Phi) is 3.96. The highest BCUT2D eigenvalue weighted by atomic mass is 35.5. The van der Waals surface area contributed by atoms with E-state index in [4.69, 9.17) is 16.3 Å². The lowest BCUT2D eigenvalue weighted by molar-refractivity contribution is -0.132. The molecule has 3 atom stereocenters. The summed E-state index contributed by atoms with van der Waals surface area (Å²) in [5.41, 5.74) is 1.03. The maximum Gasteiger partial charge on any atom is 0.238 e. The predicted molar refractivity (Wildman–Crippen MR) is 77.5 cm³/mol. The van der Waals surface area contributed by atoms with Gasteiger partial charge in [0.05, 0.1) is 18.7 Å². The van der Waals surface area contributed by atoms with E-state index in [9.17, 15) is 4.79 Å². The van der Waals surface area contributed by atoms with Crippen molar-refractivity contribution in [3.63, 3.8) is 0 Å². The fourth-order valence-corrected chi connectivity index (χ4v) is 3.55. The molecule has 1 heterocycles. The van der Waals surface area contributed by atoms with E-state index in [0.29, 0.717) is 11.6 Å². The van der Waals surface area contributed by atoms with Crippen LogP contribution >= 0.6 is 11.6 Å². The van der Waals surface area contributed by atoms with E-state index in [1.807, 2.05) is 29.2 Å². The molecule has 1 aromatic carbocycles. The molecule has 1 saturated heterocycles. The molecule has 0 radical (unpaired) electrons. The standard InChI is InChI=1S/C15H19ClN2O2/c1-20-13-7-3-6-12(13)18-14(19)9-17-15(18)10-4-2-5-11(16)8-10/h2,4-5,8,12-13,15,17H,3,6-7,9H2,1H3. The number of nitrogens with zero attached hydrogens (tertiary/aromatic N) is 1. The molecule has 0 aromatic heterocycles. The molecule has 1 aliphatic heterocycles. The van der Waals surface area contributed by atoms with E-state index < -0.39 is 0 Å². The smallest absolute Gasteiger partial charge is 0.238 e. The third-order valence-corrected chi connectivity index (χ3v) is 4.49. The van der Waals surface area contributed by atoms with Crippen molar-refractivity contribution in [3.05, 3.63) is 34.9 Å². The van der Waals surface area contributed by atoms with Crippen LogP contribution in [0.5, 0.6) is 0 Å². The molecule has 1 N–H and O–H groups in total. The van der Waals surface area contributed by atoms with Gasteiger partial charge in [0.1, 0.15) is 6.17 Å². The maximum atomic E-state index is 12.3. The Labute approximate surface area is 124 Å². The van der Waals surface area contributed by atoms with Crippen molar-refractivity contribution >= 4 is 17.5 Å². The monoisotopic (exact) mass is 294 g/mol. The molecule has 0 spiro atoms. The van der Waals surface area contributed by atoms with Crippen LogP contribution in [0.15, 0.2) is 24.3 Å². The highest BCUT2D eigenvalue weighted by molar-refractivity contribution is 6.30. The van der Waals surface area contributed by atoms with Gasteiger partial charge in [0.2, 0.25) is 5.91 Å². The minimum atomic E-state index is -0.0954. The van der Waals surface area contributed by atoms with Crippen LogP contribution in [-0.2, 0) is 9.53 Å². The maximum absolute atomic E-state index is 12.3. The summed E-state index contributed by atoms with van der Waals surface area (Å²) >= 11 is 6.07. The van der Waals surface area contributed by atoms with Gasteiger partial charge in [0.15, 0.2) is 0 Å². The number of carbonyl (C=O) groups excluding carboxylic acids is 1. The lowest BCUT2D eigenvalue weighted by Crippen LogP contribution is -2.44. The topological polar surface area (TPSA) is 41.6 Å². The summed E-state index contributed by atoms with van der Waals surface area (Å²) in [6.07, 6.45) is 3.17. The van der Waals surface area contributed by atoms with Crippen LogP contribution in [0.3, 0.4) is 0 Å². The van der Waals surface area contributed by atoms with Gasteiger partial charge in [-0.05, 0) is 37.0 Å². The van der Waals surface area contributed by atoms with Gasteiger partial charge in [-0.15, -0.1) is 0 Å². The number of benzene rings is 1. The van der Waals surface area contributed by atoms with Crippen LogP contribution in [0.2, 0.25) is 5.02 Å². The molecule has 1 aromatic rings. The van der Waals surface area contributed by atoms with Crippen LogP contribution in [0.25, 0.3) is 0 Å². The van der Waals surface area contributed by atoms with Crippen LogP contribution in [-0.4, -0.2) is 36.6 Å². The number of methoxy groups -OCH3 is 1. The SMILES string of the molecule is COC1CCCC1N1C(=O)CNC1c1cccc(Cl)c1. The summed E-state index contributed by atoms with van der Waals surface area (Å²) < 4.78 is 5.54. The number of halogens is 1. The lowest BCUT2D eigenvalue weighted by atomic mass is 10.1. The van der Waals surface area contributed by atoms with Crippen molar-refractivity contribution in [3.8, 4) is 0 Å². The number of amides is 1.